The van der Waals surface area contributed by atoms with Crippen LogP contribution < -0.4 is 0 Å². The molecule has 1 unspecified atom stereocenters. The summed E-state index contributed by atoms with van der Waals surface area (Å²) in [4.78, 5) is 7.74. The Kier molecular flexibility index (Phi) is 3.17. The van der Waals surface area contributed by atoms with Crippen LogP contribution in [0.3, 0.4) is 0 Å². The zero-order valence-corrected chi connectivity index (χ0v) is 5.10. The fourth-order valence-electron chi connectivity index (χ4n) is 0.144. The van der Waals surface area contributed by atoms with Crippen LogP contribution in [-0.4, -0.2) is 17.7 Å². The molecule has 0 radical (unpaired) electrons. The monoisotopic (exact) mass is 164 g/mol. The summed E-state index contributed by atoms with van der Waals surface area (Å²) < 4.78 is 46.1. The van der Waals surface area contributed by atoms with Crippen molar-refractivity contribution >= 4 is 8.25 Å². The molecule has 7 heteroatoms. The molecule has 0 saturated heterocycles. The molecule has 0 aliphatic rings. The van der Waals surface area contributed by atoms with Gasteiger partial charge in [0.05, 0.1) is 0 Å². The van der Waals surface area contributed by atoms with Gasteiger partial charge in [0.25, 0.3) is 0 Å². The molecular weight excluding hydrogens is 160 g/mol. The molecule has 3 nitrogen and oxygen atoms in total. The molecule has 0 heterocycles. The Morgan fingerprint density at radius 1 is 1.56 bits per heavy atom. The van der Waals surface area contributed by atoms with Gasteiger partial charge in [-0.25, -0.2) is 0 Å². The standard InChI is InChI=1S/C2H4F3O3P/c3-2(4,5)1-8-9(6)7/h9H,1H2,(H,6,7). The van der Waals surface area contributed by atoms with Crippen LogP contribution in [-0.2, 0) is 9.09 Å². The van der Waals surface area contributed by atoms with Gasteiger partial charge >= 0.3 is 14.4 Å². The van der Waals surface area contributed by atoms with Crippen LogP contribution in [0, 0.1) is 0 Å². The van der Waals surface area contributed by atoms with Crippen molar-refractivity contribution < 1.29 is 27.2 Å². The smallest absolute Gasteiger partial charge is 0.326 e. The van der Waals surface area contributed by atoms with Gasteiger partial charge < -0.3 is 9.42 Å². The van der Waals surface area contributed by atoms with E-state index in [4.69, 9.17) is 4.89 Å². The zero-order valence-electron chi connectivity index (χ0n) is 4.10. The first-order valence-corrected chi connectivity index (χ1v) is 3.10. The Morgan fingerprint density at radius 3 is 2.11 bits per heavy atom. The van der Waals surface area contributed by atoms with Crippen LogP contribution in [0.15, 0.2) is 0 Å². The van der Waals surface area contributed by atoms with Gasteiger partial charge in [0, 0.05) is 0 Å². The maximum atomic E-state index is 11.1. The molecule has 0 aromatic heterocycles. The maximum Gasteiger partial charge on any atom is 0.412 e. The van der Waals surface area contributed by atoms with Crippen LogP contribution in [0.1, 0.15) is 0 Å². The first-order chi connectivity index (χ1) is 3.92. The van der Waals surface area contributed by atoms with E-state index in [0.717, 1.165) is 0 Å². The van der Waals surface area contributed by atoms with Crippen LogP contribution >= 0.6 is 8.25 Å². The molecule has 0 aliphatic heterocycles. The molecule has 0 aromatic rings. The lowest BCUT2D eigenvalue weighted by Crippen LogP contribution is -2.14. The predicted octanol–water partition coefficient (Wildman–Crippen LogP) is 0.947. The van der Waals surface area contributed by atoms with E-state index in [9.17, 15) is 17.7 Å². The van der Waals surface area contributed by atoms with Crippen molar-refractivity contribution in [3.8, 4) is 0 Å². The van der Waals surface area contributed by atoms with Gasteiger partial charge in [-0.3, -0.25) is 4.57 Å². The predicted molar refractivity (Wildman–Crippen MR) is 23.2 cm³/mol. The third-order valence-corrected chi connectivity index (χ3v) is 0.751. The topological polar surface area (TPSA) is 46.5 Å². The summed E-state index contributed by atoms with van der Waals surface area (Å²) in [6, 6.07) is 0. The van der Waals surface area contributed by atoms with Crippen LogP contribution in [0.25, 0.3) is 0 Å². The first-order valence-electron chi connectivity index (χ1n) is 1.84. The molecule has 1 atom stereocenters. The highest BCUT2D eigenvalue weighted by atomic mass is 31.1. The fraction of sp³-hybridized carbons (Fsp3) is 1.00. The SMILES string of the molecule is O=[PH](O)OCC(F)(F)F. The normalized spacial score (nSPS) is 15.6. The van der Waals surface area contributed by atoms with Crippen LogP contribution in [0.5, 0.6) is 0 Å². The lowest BCUT2D eigenvalue weighted by atomic mass is 10.7. The molecule has 9 heavy (non-hydrogen) atoms. The average molecular weight is 164 g/mol. The van der Waals surface area contributed by atoms with Gasteiger partial charge in [-0.2, -0.15) is 13.2 Å². The summed E-state index contributed by atoms with van der Waals surface area (Å²) in [6.07, 6.45) is -4.52. The highest BCUT2D eigenvalue weighted by Crippen LogP contribution is 2.22. The Labute approximate surface area is 49.4 Å². The van der Waals surface area contributed by atoms with E-state index < -0.39 is 21.0 Å². The molecule has 0 amide bonds. The Bertz CT molecular complexity index is 110. The second-order valence-corrected chi connectivity index (χ2v) is 1.99. The Balaban J connectivity index is 3.39. The van der Waals surface area contributed by atoms with Gasteiger partial charge in [-0.05, 0) is 0 Å². The summed E-state index contributed by atoms with van der Waals surface area (Å²) in [5, 5.41) is 0. The second-order valence-electron chi connectivity index (χ2n) is 1.17. The van der Waals surface area contributed by atoms with E-state index >= 15 is 0 Å². The maximum absolute atomic E-state index is 11.1. The van der Waals surface area contributed by atoms with E-state index in [2.05, 4.69) is 4.52 Å². The number of hydrogen-bond acceptors (Lipinski definition) is 2. The number of halogens is 3. The molecule has 0 aliphatic carbocycles. The van der Waals surface area contributed by atoms with Gasteiger partial charge in [-0.15, -0.1) is 0 Å². The lowest BCUT2D eigenvalue weighted by molar-refractivity contribution is -0.153. The summed E-state index contributed by atoms with van der Waals surface area (Å²) >= 11 is 0. The lowest BCUT2D eigenvalue weighted by Gasteiger charge is -2.02. The van der Waals surface area contributed by atoms with Crippen molar-refractivity contribution in [2.45, 2.75) is 6.18 Å². The van der Waals surface area contributed by atoms with Gasteiger partial charge in [0.2, 0.25) is 0 Å². The quantitative estimate of drug-likeness (QED) is 0.618. The van der Waals surface area contributed by atoms with E-state index in [1.165, 1.54) is 0 Å². The average Bonchev–Trinajstić information content (AvgIpc) is 1.59. The van der Waals surface area contributed by atoms with Gasteiger partial charge in [-0.1, -0.05) is 0 Å². The van der Waals surface area contributed by atoms with Gasteiger partial charge in [0.1, 0.15) is 0 Å². The summed E-state index contributed by atoms with van der Waals surface area (Å²) in [6.45, 7) is -1.67. The number of alkyl halides is 3. The summed E-state index contributed by atoms with van der Waals surface area (Å²) in [7, 11) is -3.44. The van der Waals surface area contributed by atoms with Crippen molar-refractivity contribution in [1.82, 2.24) is 0 Å². The third kappa shape index (κ3) is 7.94. The molecule has 0 saturated carbocycles. The molecule has 0 bridgehead atoms. The largest absolute Gasteiger partial charge is 0.412 e. The molecule has 0 aromatic carbocycles. The van der Waals surface area contributed by atoms with Crippen molar-refractivity contribution in [3.63, 3.8) is 0 Å². The fourth-order valence-corrected chi connectivity index (χ4v) is 0.431. The molecule has 0 rings (SSSR count). The minimum atomic E-state index is -4.52. The van der Waals surface area contributed by atoms with Crippen LogP contribution in [0.4, 0.5) is 13.2 Å². The highest BCUT2D eigenvalue weighted by Gasteiger charge is 2.28. The Hall–Kier alpha value is -0.0600. The molecule has 56 valence electrons. The number of hydrogen-bond donors (Lipinski definition) is 1. The molecule has 0 fully saturated rings. The minimum absolute atomic E-state index is 1.67. The third-order valence-electron chi connectivity index (χ3n) is 0.359. The summed E-state index contributed by atoms with van der Waals surface area (Å²) in [5.41, 5.74) is 0. The first kappa shape index (κ1) is 8.94. The van der Waals surface area contributed by atoms with Crippen molar-refractivity contribution in [2.24, 2.45) is 0 Å². The number of rotatable bonds is 2. The highest BCUT2D eigenvalue weighted by molar-refractivity contribution is 7.32. The van der Waals surface area contributed by atoms with Crippen molar-refractivity contribution in [3.05, 3.63) is 0 Å². The Morgan fingerprint density at radius 2 is 2.00 bits per heavy atom. The molecular formula is C2H4F3O3P. The van der Waals surface area contributed by atoms with Crippen LogP contribution in [0.2, 0.25) is 0 Å². The van der Waals surface area contributed by atoms with E-state index in [0.29, 0.717) is 0 Å². The van der Waals surface area contributed by atoms with E-state index in [1.54, 1.807) is 0 Å². The molecule has 1 N–H and O–H groups in total. The van der Waals surface area contributed by atoms with E-state index in [-0.39, 0.29) is 0 Å². The van der Waals surface area contributed by atoms with Crippen molar-refractivity contribution in [2.75, 3.05) is 6.61 Å². The van der Waals surface area contributed by atoms with Crippen molar-refractivity contribution in [1.29, 1.82) is 0 Å². The zero-order chi connectivity index (χ0) is 7.49. The second kappa shape index (κ2) is 3.20. The minimum Gasteiger partial charge on any atom is -0.326 e. The van der Waals surface area contributed by atoms with E-state index in [1.807, 2.05) is 0 Å². The molecule has 0 spiro atoms. The van der Waals surface area contributed by atoms with Gasteiger partial charge in [0.15, 0.2) is 6.61 Å². The summed E-state index contributed by atoms with van der Waals surface area (Å²) in [5.74, 6) is 0.